The number of aliphatic hydroxyl groups excluding tert-OH is 1. The number of carbonyl (C=O) groups is 2. The Morgan fingerprint density at radius 2 is 1.96 bits per heavy atom. The van der Waals surface area contributed by atoms with Gasteiger partial charge in [-0.1, -0.05) is 12.1 Å². The van der Waals surface area contributed by atoms with Gasteiger partial charge >= 0.3 is 11.9 Å². The summed E-state index contributed by atoms with van der Waals surface area (Å²) in [5.41, 5.74) is 1.56. The van der Waals surface area contributed by atoms with Gasteiger partial charge in [0.05, 0.1) is 25.9 Å². The van der Waals surface area contributed by atoms with Crippen LogP contribution in [0.2, 0.25) is 0 Å². The maximum absolute atomic E-state index is 11.6. The van der Waals surface area contributed by atoms with E-state index in [1.54, 1.807) is 30.3 Å². The molecule has 26 heavy (non-hydrogen) atoms. The standard InChI is InChI=1S/C19H19NO6/c1-25-18(23)9-7-15-16(21)8-6-14(20-15)11-17(22)12-4-3-5-13(10-12)19(24)26-2/h3-10,17,21-22H,11H2,1-2H3/b9-7+. The average molecular weight is 357 g/mol. The van der Waals surface area contributed by atoms with Crippen molar-refractivity contribution in [3.63, 3.8) is 0 Å². The zero-order chi connectivity index (χ0) is 19.1. The summed E-state index contributed by atoms with van der Waals surface area (Å²) >= 11 is 0. The topological polar surface area (TPSA) is 106 Å². The number of hydrogen-bond acceptors (Lipinski definition) is 7. The van der Waals surface area contributed by atoms with E-state index in [2.05, 4.69) is 14.5 Å². The first kappa shape index (κ1) is 19.1. The third kappa shape index (κ3) is 4.90. The zero-order valence-corrected chi connectivity index (χ0v) is 14.4. The number of esters is 2. The Hall–Kier alpha value is -3.19. The Morgan fingerprint density at radius 1 is 1.19 bits per heavy atom. The molecule has 0 bridgehead atoms. The van der Waals surface area contributed by atoms with Crippen LogP contribution >= 0.6 is 0 Å². The third-order valence-electron chi connectivity index (χ3n) is 3.63. The molecule has 2 rings (SSSR count). The predicted octanol–water partition coefficient (Wildman–Crippen LogP) is 2.04. The second-order valence-electron chi connectivity index (χ2n) is 5.40. The van der Waals surface area contributed by atoms with E-state index in [1.807, 2.05) is 0 Å². The highest BCUT2D eigenvalue weighted by Crippen LogP contribution is 2.22. The van der Waals surface area contributed by atoms with Crippen molar-refractivity contribution in [1.82, 2.24) is 4.98 Å². The van der Waals surface area contributed by atoms with Crippen LogP contribution in [0.3, 0.4) is 0 Å². The van der Waals surface area contributed by atoms with E-state index in [0.717, 1.165) is 6.08 Å². The second kappa shape index (κ2) is 8.77. The lowest BCUT2D eigenvalue weighted by molar-refractivity contribution is -0.134. The fourth-order valence-corrected chi connectivity index (χ4v) is 2.27. The van der Waals surface area contributed by atoms with E-state index in [-0.39, 0.29) is 17.9 Å². The molecule has 0 saturated carbocycles. The maximum Gasteiger partial charge on any atom is 0.337 e. The minimum absolute atomic E-state index is 0.101. The summed E-state index contributed by atoms with van der Waals surface area (Å²) in [6, 6.07) is 9.48. The summed E-state index contributed by atoms with van der Waals surface area (Å²) in [5.74, 6) is -1.16. The van der Waals surface area contributed by atoms with Crippen molar-refractivity contribution in [2.45, 2.75) is 12.5 Å². The third-order valence-corrected chi connectivity index (χ3v) is 3.63. The SMILES string of the molecule is COC(=O)/C=C/c1nc(CC(O)c2cccc(C(=O)OC)c2)ccc1O. The van der Waals surface area contributed by atoms with Gasteiger partial charge in [0.25, 0.3) is 0 Å². The molecule has 0 radical (unpaired) electrons. The molecule has 2 aromatic rings. The number of methoxy groups -OCH3 is 2. The molecular formula is C19H19NO6. The van der Waals surface area contributed by atoms with Crippen LogP contribution in [-0.4, -0.2) is 41.4 Å². The van der Waals surface area contributed by atoms with E-state index >= 15 is 0 Å². The number of aromatic nitrogens is 1. The maximum atomic E-state index is 11.6. The van der Waals surface area contributed by atoms with E-state index in [9.17, 15) is 19.8 Å². The first-order chi connectivity index (χ1) is 12.4. The lowest BCUT2D eigenvalue weighted by Crippen LogP contribution is -2.07. The molecule has 0 amide bonds. The Labute approximate surface area is 150 Å². The lowest BCUT2D eigenvalue weighted by atomic mass is 10.0. The first-order valence-electron chi connectivity index (χ1n) is 7.76. The molecule has 0 aliphatic carbocycles. The van der Waals surface area contributed by atoms with Crippen LogP contribution in [0.1, 0.15) is 33.4 Å². The van der Waals surface area contributed by atoms with Crippen LogP contribution in [0.5, 0.6) is 5.75 Å². The van der Waals surface area contributed by atoms with Gasteiger partial charge in [0, 0.05) is 18.2 Å². The summed E-state index contributed by atoms with van der Waals surface area (Å²) in [6.45, 7) is 0. The fourth-order valence-electron chi connectivity index (χ4n) is 2.27. The highest BCUT2D eigenvalue weighted by atomic mass is 16.5. The van der Waals surface area contributed by atoms with E-state index in [1.165, 1.54) is 26.4 Å². The Kier molecular flexibility index (Phi) is 6.46. The van der Waals surface area contributed by atoms with Crippen LogP contribution in [0.25, 0.3) is 6.08 Å². The summed E-state index contributed by atoms with van der Waals surface area (Å²) < 4.78 is 9.16. The minimum atomic E-state index is -0.908. The molecule has 0 aliphatic rings. The molecule has 136 valence electrons. The average Bonchev–Trinajstić information content (AvgIpc) is 2.67. The van der Waals surface area contributed by atoms with Crippen molar-refractivity contribution >= 4 is 18.0 Å². The lowest BCUT2D eigenvalue weighted by Gasteiger charge is -2.12. The summed E-state index contributed by atoms with van der Waals surface area (Å²) in [4.78, 5) is 27.0. The molecule has 1 aromatic carbocycles. The molecule has 7 heteroatoms. The molecule has 1 atom stereocenters. The monoisotopic (exact) mass is 357 g/mol. The van der Waals surface area contributed by atoms with Gasteiger partial charge in [0.1, 0.15) is 11.4 Å². The van der Waals surface area contributed by atoms with Crippen LogP contribution in [0, 0.1) is 0 Å². The van der Waals surface area contributed by atoms with Gasteiger partial charge in [-0.15, -0.1) is 0 Å². The quantitative estimate of drug-likeness (QED) is 0.602. The summed E-state index contributed by atoms with van der Waals surface area (Å²) in [6.07, 6.45) is 1.72. The number of hydrogen-bond donors (Lipinski definition) is 2. The molecule has 1 unspecified atom stereocenters. The summed E-state index contributed by atoms with van der Waals surface area (Å²) in [5, 5.41) is 20.2. The van der Waals surface area contributed by atoms with Crippen molar-refractivity contribution in [1.29, 1.82) is 0 Å². The number of ether oxygens (including phenoxy) is 2. The van der Waals surface area contributed by atoms with Gasteiger partial charge in [0.15, 0.2) is 0 Å². The van der Waals surface area contributed by atoms with Gasteiger partial charge < -0.3 is 19.7 Å². The Balaban J connectivity index is 2.19. The molecule has 1 aromatic heterocycles. The normalized spacial score (nSPS) is 12.0. The number of carbonyl (C=O) groups excluding carboxylic acids is 2. The highest BCUT2D eigenvalue weighted by molar-refractivity contribution is 5.89. The molecule has 2 N–H and O–H groups in total. The number of benzene rings is 1. The molecule has 0 aliphatic heterocycles. The van der Waals surface area contributed by atoms with Crippen LogP contribution in [0.15, 0.2) is 42.5 Å². The van der Waals surface area contributed by atoms with Gasteiger partial charge in [-0.05, 0) is 35.9 Å². The van der Waals surface area contributed by atoms with Crippen molar-refractivity contribution in [2.75, 3.05) is 14.2 Å². The van der Waals surface area contributed by atoms with Gasteiger partial charge in [-0.3, -0.25) is 0 Å². The molecule has 0 fully saturated rings. The number of aromatic hydroxyl groups is 1. The van der Waals surface area contributed by atoms with Crippen LogP contribution in [0.4, 0.5) is 0 Å². The molecule has 0 spiro atoms. The smallest absolute Gasteiger partial charge is 0.337 e. The number of aliphatic hydroxyl groups is 1. The van der Waals surface area contributed by atoms with Crippen LogP contribution in [-0.2, 0) is 20.7 Å². The van der Waals surface area contributed by atoms with Gasteiger partial charge in [-0.25, -0.2) is 14.6 Å². The van der Waals surface area contributed by atoms with Crippen molar-refractivity contribution in [3.05, 3.63) is 65.0 Å². The zero-order valence-electron chi connectivity index (χ0n) is 14.4. The molecule has 7 nitrogen and oxygen atoms in total. The predicted molar refractivity (Wildman–Crippen MR) is 93.4 cm³/mol. The molecule has 0 saturated heterocycles. The first-order valence-corrected chi connectivity index (χ1v) is 7.76. The van der Waals surface area contributed by atoms with Gasteiger partial charge in [0.2, 0.25) is 0 Å². The minimum Gasteiger partial charge on any atom is -0.506 e. The summed E-state index contributed by atoms with van der Waals surface area (Å²) in [7, 11) is 2.53. The Morgan fingerprint density at radius 3 is 2.65 bits per heavy atom. The number of pyridine rings is 1. The molecular weight excluding hydrogens is 338 g/mol. The van der Waals surface area contributed by atoms with Crippen molar-refractivity contribution in [3.8, 4) is 5.75 Å². The van der Waals surface area contributed by atoms with E-state index in [4.69, 9.17) is 0 Å². The molecule has 1 heterocycles. The van der Waals surface area contributed by atoms with E-state index < -0.39 is 18.0 Å². The number of rotatable bonds is 6. The largest absolute Gasteiger partial charge is 0.506 e. The van der Waals surface area contributed by atoms with Crippen LogP contribution < -0.4 is 0 Å². The fraction of sp³-hybridized carbons (Fsp3) is 0.211. The van der Waals surface area contributed by atoms with E-state index in [0.29, 0.717) is 16.8 Å². The highest BCUT2D eigenvalue weighted by Gasteiger charge is 2.14. The van der Waals surface area contributed by atoms with Crippen molar-refractivity contribution < 1.29 is 29.3 Å². The Bertz CT molecular complexity index is 831. The number of nitrogens with zero attached hydrogens (tertiary/aromatic N) is 1. The van der Waals surface area contributed by atoms with Crippen molar-refractivity contribution in [2.24, 2.45) is 0 Å². The second-order valence-corrected chi connectivity index (χ2v) is 5.40. The van der Waals surface area contributed by atoms with Gasteiger partial charge in [-0.2, -0.15) is 0 Å².